The molecular weight excluding hydrogens is 396 g/mol. The summed E-state index contributed by atoms with van der Waals surface area (Å²) in [7, 11) is -3.73. The van der Waals surface area contributed by atoms with Crippen LogP contribution in [0.15, 0.2) is 45.8 Å². The molecule has 0 spiro atoms. The second-order valence-corrected chi connectivity index (χ2v) is 7.51. The van der Waals surface area contributed by atoms with Gasteiger partial charge in [-0.3, -0.25) is 14.3 Å². The van der Waals surface area contributed by atoms with Crippen LogP contribution in [-0.4, -0.2) is 21.1 Å². The molecular formula is C17H13F2N3O5S. The first-order valence-electron chi connectivity index (χ1n) is 7.67. The molecule has 0 bridgehead atoms. The maximum absolute atomic E-state index is 14.0. The van der Waals surface area contributed by atoms with Crippen LogP contribution in [0, 0.1) is 11.6 Å². The van der Waals surface area contributed by atoms with Crippen LogP contribution in [-0.2, 0) is 14.8 Å². The Morgan fingerprint density at radius 1 is 1.04 bits per heavy atom. The Kier molecular flexibility index (Phi) is 5.01. The lowest BCUT2D eigenvalue weighted by molar-refractivity contribution is -0.105. The molecule has 3 N–H and O–H groups in total. The van der Waals surface area contributed by atoms with Gasteiger partial charge in [0, 0.05) is 12.1 Å². The molecule has 0 unspecified atom stereocenters. The minimum atomic E-state index is -3.73. The van der Waals surface area contributed by atoms with Gasteiger partial charge in [0.15, 0.2) is 0 Å². The third-order valence-corrected chi connectivity index (χ3v) is 4.21. The second kappa shape index (κ2) is 7.27. The van der Waals surface area contributed by atoms with Crippen molar-refractivity contribution < 1.29 is 26.4 Å². The number of anilines is 4. The number of rotatable bonds is 6. The predicted octanol–water partition coefficient (Wildman–Crippen LogP) is 2.75. The van der Waals surface area contributed by atoms with Crippen LogP contribution in [0.4, 0.5) is 31.5 Å². The van der Waals surface area contributed by atoms with Crippen LogP contribution in [0.25, 0.3) is 11.0 Å². The fourth-order valence-electron chi connectivity index (χ4n) is 2.46. The number of fused-ring (bicyclic) bond motifs is 1. The average molecular weight is 409 g/mol. The lowest BCUT2D eigenvalue weighted by Gasteiger charge is -2.15. The van der Waals surface area contributed by atoms with Gasteiger partial charge in [0.2, 0.25) is 21.9 Å². The molecule has 1 aromatic heterocycles. The monoisotopic (exact) mass is 409 g/mol. The van der Waals surface area contributed by atoms with Crippen molar-refractivity contribution in [2.45, 2.75) is 0 Å². The van der Waals surface area contributed by atoms with E-state index in [-0.39, 0.29) is 33.7 Å². The molecule has 146 valence electrons. The molecule has 0 radical (unpaired) electrons. The number of hydrogen-bond donors (Lipinski definition) is 3. The van der Waals surface area contributed by atoms with Crippen molar-refractivity contribution in [1.82, 2.24) is 0 Å². The minimum Gasteiger partial charge on any atom is -0.462 e. The Hall–Kier alpha value is -3.47. The van der Waals surface area contributed by atoms with E-state index < -0.39 is 27.1 Å². The van der Waals surface area contributed by atoms with E-state index in [2.05, 4.69) is 15.4 Å². The summed E-state index contributed by atoms with van der Waals surface area (Å²) in [5.41, 5.74) is -0.870. The summed E-state index contributed by atoms with van der Waals surface area (Å²) in [6.07, 6.45) is 2.22. The maximum atomic E-state index is 14.0. The number of sulfonamides is 1. The highest BCUT2D eigenvalue weighted by Crippen LogP contribution is 2.32. The Balaban J connectivity index is 2.20. The third-order valence-electron chi connectivity index (χ3n) is 3.62. The predicted molar refractivity (Wildman–Crippen MR) is 100 cm³/mol. The van der Waals surface area contributed by atoms with Crippen LogP contribution in [0.5, 0.6) is 0 Å². The number of nitrogens with one attached hydrogen (secondary N) is 3. The molecule has 3 rings (SSSR count). The summed E-state index contributed by atoms with van der Waals surface area (Å²) in [6, 6.07) is 5.23. The summed E-state index contributed by atoms with van der Waals surface area (Å²) in [5.74, 6) is -1.71. The molecule has 0 aliphatic carbocycles. The lowest BCUT2D eigenvalue weighted by atomic mass is 10.1. The van der Waals surface area contributed by atoms with Gasteiger partial charge in [-0.25, -0.2) is 17.2 Å². The first-order chi connectivity index (χ1) is 13.2. The smallest absolute Gasteiger partial charge is 0.229 e. The molecule has 0 aliphatic rings. The van der Waals surface area contributed by atoms with E-state index in [1.165, 1.54) is 12.1 Å². The van der Waals surface area contributed by atoms with E-state index in [0.29, 0.717) is 12.5 Å². The quantitative estimate of drug-likeness (QED) is 0.539. The highest BCUT2D eigenvalue weighted by Gasteiger charge is 2.15. The molecule has 0 saturated heterocycles. The number of carbonyl (C=O) groups is 1. The summed E-state index contributed by atoms with van der Waals surface area (Å²) < 4.78 is 57.9. The Labute approximate surface area is 157 Å². The Morgan fingerprint density at radius 3 is 2.43 bits per heavy atom. The summed E-state index contributed by atoms with van der Waals surface area (Å²) >= 11 is 0. The lowest BCUT2D eigenvalue weighted by Crippen LogP contribution is -2.13. The standard InChI is InChI=1S/C17H13F2N3O5S/c1-28(25,26)22-14-6-16-10(17(24)15(7-27-16)20-8-23)5-13(14)21-12-3-2-9(18)4-11(12)19/h2-8,21-22H,1H3,(H,20,23). The molecule has 1 heterocycles. The molecule has 1 amide bonds. The molecule has 0 fully saturated rings. The van der Waals surface area contributed by atoms with Gasteiger partial charge in [0.1, 0.15) is 29.2 Å². The first kappa shape index (κ1) is 19.3. The number of halogens is 2. The van der Waals surface area contributed by atoms with E-state index in [9.17, 15) is 26.8 Å². The van der Waals surface area contributed by atoms with Crippen LogP contribution < -0.4 is 20.8 Å². The van der Waals surface area contributed by atoms with Crippen LogP contribution in [0.3, 0.4) is 0 Å². The van der Waals surface area contributed by atoms with Crippen molar-refractivity contribution in [3.8, 4) is 0 Å². The van der Waals surface area contributed by atoms with Gasteiger partial charge in [-0.15, -0.1) is 0 Å². The van der Waals surface area contributed by atoms with Crippen LogP contribution in [0.1, 0.15) is 0 Å². The Bertz CT molecular complexity index is 1240. The zero-order valence-corrected chi connectivity index (χ0v) is 15.1. The molecule has 8 nitrogen and oxygen atoms in total. The van der Waals surface area contributed by atoms with Gasteiger partial charge in [-0.1, -0.05) is 0 Å². The topological polar surface area (TPSA) is 118 Å². The van der Waals surface area contributed by atoms with Crippen molar-refractivity contribution in [1.29, 1.82) is 0 Å². The van der Waals surface area contributed by atoms with Gasteiger partial charge < -0.3 is 15.1 Å². The SMILES string of the molecule is CS(=O)(=O)Nc1cc2occ(NC=O)c(=O)c2cc1Nc1ccc(F)cc1F. The second-order valence-electron chi connectivity index (χ2n) is 5.76. The number of amides is 1. The number of hydrogen-bond acceptors (Lipinski definition) is 6. The molecule has 0 atom stereocenters. The Morgan fingerprint density at radius 2 is 1.79 bits per heavy atom. The highest BCUT2D eigenvalue weighted by atomic mass is 32.2. The fourth-order valence-corrected chi connectivity index (χ4v) is 3.03. The van der Waals surface area contributed by atoms with Gasteiger partial charge in [0.25, 0.3) is 0 Å². The highest BCUT2D eigenvalue weighted by molar-refractivity contribution is 7.92. The fraction of sp³-hybridized carbons (Fsp3) is 0.0588. The van der Waals surface area contributed by atoms with Crippen LogP contribution >= 0.6 is 0 Å². The van der Waals surface area contributed by atoms with E-state index in [4.69, 9.17) is 4.42 Å². The van der Waals surface area contributed by atoms with Crippen molar-refractivity contribution in [3.63, 3.8) is 0 Å². The first-order valence-corrected chi connectivity index (χ1v) is 9.56. The molecule has 28 heavy (non-hydrogen) atoms. The summed E-state index contributed by atoms with van der Waals surface area (Å²) in [4.78, 5) is 23.1. The number of benzene rings is 2. The average Bonchev–Trinajstić information content (AvgIpc) is 2.59. The summed E-state index contributed by atoms with van der Waals surface area (Å²) in [6.45, 7) is 0. The largest absolute Gasteiger partial charge is 0.462 e. The van der Waals surface area contributed by atoms with Gasteiger partial charge in [0.05, 0.1) is 28.7 Å². The molecule has 2 aromatic carbocycles. The molecule has 0 saturated carbocycles. The third kappa shape index (κ3) is 4.09. The van der Waals surface area contributed by atoms with Crippen molar-refractivity contribution in [2.24, 2.45) is 0 Å². The van der Waals surface area contributed by atoms with Crippen molar-refractivity contribution in [2.75, 3.05) is 21.6 Å². The normalized spacial score (nSPS) is 11.2. The molecule has 11 heteroatoms. The van der Waals surface area contributed by atoms with E-state index in [1.807, 2.05) is 0 Å². The van der Waals surface area contributed by atoms with E-state index >= 15 is 0 Å². The molecule has 3 aromatic rings. The zero-order valence-electron chi connectivity index (χ0n) is 14.2. The minimum absolute atomic E-state index is 0.00378. The van der Waals surface area contributed by atoms with Gasteiger partial charge in [-0.05, 0) is 18.2 Å². The van der Waals surface area contributed by atoms with Gasteiger partial charge >= 0.3 is 0 Å². The van der Waals surface area contributed by atoms with Crippen LogP contribution in [0.2, 0.25) is 0 Å². The van der Waals surface area contributed by atoms with Crippen molar-refractivity contribution in [3.05, 3.63) is 58.5 Å². The number of carbonyl (C=O) groups excluding carboxylic acids is 1. The zero-order chi connectivity index (χ0) is 20.5. The van der Waals surface area contributed by atoms with Crippen molar-refractivity contribution >= 4 is 50.2 Å². The van der Waals surface area contributed by atoms with E-state index in [0.717, 1.165) is 24.7 Å². The summed E-state index contributed by atoms with van der Waals surface area (Å²) in [5, 5.41) is 4.80. The van der Waals surface area contributed by atoms with E-state index in [1.54, 1.807) is 0 Å². The van der Waals surface area contributed by atoms with Gasteiger partial charge in [-0.2, -0.15) is 0 Å². The maximum Gasteiger partial charge on any atom is 0.229 e. The molecule has 0 aliphatic heterocycles.